The normalized spacial score (nSPS) is 23.1. The smallest absolute Gasteiger partial charge is 0.308 e. The summed E-state index contributed by atoms with van der Waals surface area (Å²) in [4.78, 5) is 25.5. The van der Waals surface area contributed by atoms with E-state index in [1.807, 2.05) is 6.07 Å². The Kier molecular flexibility index (Phi) is 4.90. The molecular weight excluding hydrogens is 306 g/mol. The predicted molar refractivity (Wildman–Crippen MR) is 90.2 cm³/mol. The molecule has 1 aromatic carbocycles. The number of likely N-dealkylation sites (tertiary alicyclic amines) is 1. The van der Waals surface area contributed by atoms with E-state index >= 15 is 0 Å². The molecule has 5 heteroatoms. The fourth-order valence-corrected chi connectivity index (χ4v) is 4.18. The molecule has 0 N–H and O–H groups in total. The number of nitrogens with zero attached hydrogens (tertiary/aromatic N) is 1. The van der Waals surface area contributed by atoms with Crippen molar-refractivity contribution in [1.29, 1.82) is 0 Å². The van der Waals surface area contributed by atoms with Gasteiger partial charge in [0.15, 0.2) is 11.5 Å². The van der Waals surface area contributed by atoms with Gasteiger partial charge in [-0.3, -0.25) is 9.59 Å². The average molecular weight is 331 g/mol. The summed E-state index contributed by atoms with van der Waals surface area (Å²) in [5, 5.41) is 0. The number of carbonyl (C=O) groups is 2. The Hall–Kier alpha value is -1.88. The average Bonchev–Trinajstić information content (AvgIpc) is 2.54. The first-order valence-corrected chi connectivity index (χ1v) is 8.75. The van der Waals surface area contributed by atoms with Crippen molar-refractivity contribution in [2.45, 2.75) is 52.5 Å². The zero-order valence-electron chi connectivity index (χ0n) is 14.6. The molecule has 0 radical (unpaired) electrons. The van der Waals surface area contributed by atoms with E-state index in [9.17, 15) is 9.59 Å². The highest BCUT2D eigenvalue weighted by Gasteiger charge is 2.36. The molecule has 1 aromatic rings. The maximum absolute atomic E-state index is 11.5. The number of hydrogen-bond acceptors (Lipinski definition) is 5. The number of esters is 2. The van der Waals surface area contributed by atoms with Crippen LogP contribution < -0.4 is 9.47 Å². The molecule has 3 rings (SSSR count). The zero-order chi connectivity index (χ0) is 17.3. The highest BCUT2D eigenvalue weighted by atomic mass is 16.6. The molecule has 0 amide bonds. The van der Waals surface area contributed by atoms with Crippen LogP contribution in [0.2, 0.25) is 0 Å². The molecule has 1 fully saturated rings. The van der Waals surface area contributed by atoms with Crippen molar-refractivity contribution in [1.82, 2.24) is 4.90 Å². The Morgan fingerprint density at radius 2 is 1.92 bits per heavy atom. The van der Waals surface area contributed by atoms with Gasteiger partial charge < -0.3 is 14.4 Å². The predicted octanol–water partition coefficient (Wildman–Crippen LogP) is 2.74. The zero-order valence-corrected chi connectivity index (χ0v) is 14.6. The summed E-state index contributed by atoms with van der Waals surface area (Å²) in [6, 6.07) is 4.32. The molecule has 0 bridgehead atoms. The van der Waals surface area contributed by atoms with E-state index in [1.165, 1.54) is 32.3 Å². The van der Waals surface area contributed by atoms with Crippen molar-refractivity contribution in [3.8, 4) is 11.5 Å². The fraction of sp³-hybridized carbons (Fsp3) is 0.579. The lowest BCUT2D eigenvalue weighted by Gasteiger charge is -2.44. The van der Waals surface area contributed by atoms with Crippen LogP contribution in [0.3, 0.4) is 0 Å². The van der Waals surface area contributed by atoms with Crippen molar-refractivity contribution in [2.24, 2.45) is 5.92 Å². The van der Waals surface area contributed by atoms with Gasteiger partial charge in [-0.2, -0.15) is 0 Å². The van der Waals surface area contributed by atoms with Crippen LogP contribution in [0.5, 0.6) is 11.5 Å². The number of piperidine rings is 1. The summed E-state index contributed by atoms with van der Waals surface area (Å²) in [5.74, 6) is 0.540. The molecule has 24 heavy (non-hydrogen) atoms. The van der Waals surface area contributed by atoms with Gasteiger partial charge in [0.05, 0.1) is 0 Å². The van der Waals surface area contributed by atoms with Crippen LogP contribution in [0.4, 0.5) is 0 Å². The Morgan fingerprint density at radius 1 is 1.17 bits per heavy atom. The molecule has 0 unspecified atom stereocenters. The van der Waals surface area contributed by atoms with E-state index in [-0.39, 0.29) is 0 Å². The van der Waals surface area contributed by atoms with Crippen LogP contribution in [0.15, 0.2) is 12.1 Å². The van der Waals surface area contributed by atoms with Gasteiger partial charge in [-0.05, 0) is 56.3 Å². The second-order valence-electron chi connectivity index (χ2n) is 6.72. The second kappa shape index (κ2) is 6.93. The molecule has 130 valence electrons. The van der Waals surface area contributed by atoms with Gasteiger partial charge in [-0.1, -0.05) is 13.0 Å². The van der Waals surface area contributed by atoms with Crippen LogP contribution in [0, 0.1) is 5.92 Å². The Labute approximate surface area is 142 Å². The Balaban J connectivity index is 1.99. The van der Waals surface area contributed by atoms with Gasteiger partial charge >= 0.3 is 11.9 Å². The van der Waals surface area contributed by atoms with E-state index < -0.39 is 11.9 Å². The number of hydrogen-bond donors (Lipinski definition) is 0. The summed E-state index contributed by atoms with van der Waals surface area (Å²) in [5.41, 5.74) is 2.23. The fourth-order valence-electron chi connectivity index (χ4n) is 4.18. The largest absolute Gasteiger partial charge is 0.423 e. The number of benzene rings is 1. The van der Waals surface area contributed by atoms with E-state index in [4.69, 9.17) is 9.47 Å². The minimum Gasteiger partial charge on any atom is -0.423 e. The Bertz CT molecular complexity index is 655. The van der Waals surface area contributed by atoms with Crippen LogP contribution in [0.1, 0.15) is 44.7 Å². The summed E-state index contributed by atoms with van der Waals surface area (Å²) < 4.78 is 10.7. The lowest BCUT2D eigenvalue weighted by atomic mass is 9.75. The van der Waals surface area contributed by atoms with Gasteiger partial charge in [-0.15, -0.1) is 0 Å². The lowest BCUT2D eigenvalue weighted by Crippen LogP contribution is -2.49. The summed E-state index contributed by atoms with van der Waals surface area (Å²) in [6.07, 6.45) is 4.23. The topological polar surface area (TPSA) is 55.8 Å². The maximum Gasteiger partial charge on any atom is 0.308 e. The molecular formula is C19H25NO4. The van der Waals surface area contributed by atoms with E-state index in [0.717, 1.165) is 31.5 Å². The standard InChI is InChI=1S/C19H25NO4/c1-4-20-9-5-6-15-10-16-14(11-17(15)20)7-8-18(23-12(2)21)19(16)24-13(3)22/h7-8,15,17H,4-6,9-11H2,1-3H3/t15-,17-/m0/s1. The molecule has 0 saturated carbocycles. The van der Waals surface area contributed by atoms with Crippen molar-refractivity contribution < 1.29 is 19.1 Å². The first-order valence-electron chi connectivity index (χ1n) is 8.75. The number of carbonyl (C=O) groups excluding carboxylic acids is 2. The van der Waals surface area contributed by atoms with Gasteiger partial charge in [0.1, 0.15) is 0 Å². The van der Waals surface area contributed by atoms with E-state index in [1.54, 1.807) is 6.07 Å². The Morgan fingerprint density at radius 3 is 2.58 bits per heavy atom. The van der Waals surface area contributed by atoms with Crippen LogP contribution in [0.25, 0.3) is 0 Å². The summed E-state index contributed by atoms with van der Waals surface area (Å²) in [7, 11) is 0. The summed E-state index contributed by atoms with van der Waals surface area (Å²) >= 11 is 0. The van der Waals surface area contributed by atoms with Crippen molar-refractivity contribution in [2.75, 3.05) is 13.1 Å². The first-order chi connectivity index (χ1) is 11.5. The molecule has 0 aromatic heterocycles. The van der Waals surface area contributed by atoms with Crippen LogP contribution in [-0.4, -0.2) is 36.0 Å². The van der Waals surface area contributed by atoms with Gasteiger partial charge in [0, 0.05) is 25.5 Å². The molecule has 0 spiro atoms. The minimum atomic E-state index is -0.410. The minimum absolute atomic E-state index is 0.345. The third-order valence-corrected chi connectivity index (χ3v) is 5.16. The van der Waals surface area contributed by atoms with Crippen molar-refractivity contribution in [3.63, 3.8) is 0 Å². The number of ether oxygens (including phenoxy) is 2. The monoisotopic (exact) mass is 331 g/mol. The van der Waals surface area contributed by atoms with Gasteiger partial charge in [-0.25, -0.2) is 0 Å². The van der Waals surface area contributed by atoms with Crippen LogP contribution >= 0.6 is 0 Å². The van der Waals surface area contributed by atoms with Gasteiger partial charge in [0.25, 0.3) is 0 Å². The molecule has 5 nitrogen and oxygen atoms in total. The second-order valence-corrected chi connectivity index (χ2v) is 6.72. The van der Waals surface area contributed by atoms with Crippen LogP contribution in [-0.2, 0) is 22.4 Å². The molecule has 1 aliphatic heterocycles. The molecule has 1 heterocycles. The highest BCUT2D eigenvalue weighted by molar-refractivity contribution is 5.75. The van der Waals surface area contributed by atoms with Crippen molar-refractivity contribution >= 4 is 11.9 Å². The number of fused-ring (bicyclic) bond motifs is 2. The SMILES string of the molecule is CCN1CCC[C@H]2Cc3c(ccc(OC(C)=O)c3OC(C)=O)C[C@@H]21. The summed E-state index contributed by atoms with van der Waals surface area (Å²) in [6.45, 7) is 7.18. The molecule has 1 saturated heterocycles. The van der Waals surface area contributed by atoms with E-state index in [0.29, 0.717) is 23.5 Å². The molecule has 2 aliphatic rings. The third-order valence-electron chi connectivity index (χ3n) is 5.16. The van der Waals surface area contributed by atoms with E-state index in [2.05, 4.69) is 11.8 Å². The third kappa shape index (κ3) is 3.31. The quantitative estimate of drug-likeness (QED) is 0.630. The molecule has 2 atom stereocenters. The first kappa shape index (κ1) is 17.0. The maximum atomic E-state index is 11.5. The molecule has 1 aliphatic carbocycles. The highest BCUT2D eigenvalue weighted by Crippen LogP contribution is 2.42. The van der Waals surface area contributed by atoms with Crippen molar-refractivity contribution in [3.05, 3.63) is 23.3 Å². The van der Waals surface area contributed by atoms with Gasteiger partial charge in [0.2, 0.25) is 0 Å². The lowest BCUT2D eigenvalue weighted by molar-refractivity contribution is -0.134. The number of likely N-dealkylation sites (N-methyl/N-ethyl adjacent to an activating group) is 1. The number of rotatable bonds is 3.